The number of nitrogens with zero attached hydrogens (tertiary/aromatic N) is 1. The molecular formula is C22H16N2O5. The largest absolute Gasteiger partial charge is 0.453 e. The van der Waals surface area contributed by atoms with E-state index in [1.54, 1.807) is 30.3 Å². The summed E-state index contributed by atoms with van der Waals surface area (Å²) in [5.41, 5.74) is 2.20. The van der Waals surface area contributed by atoms with Gasteiger partial charge in [-0.25, -0.2) is 0 Å². The molecule has 3 amide bonds. The molecule has 5 rings (SSSR count). The van der Waals surface area contributed by atoms with Gasteiger partial charge in [-0.1, -0.05) is 24.3 Å². The van der Waals surface area contributed by atoms with Crippen LogP contribution in [0.3, 0.4) is 0 Å². The molecule has 0 saturated carbocycles. The second kappa shape index (κ2) is 6.41. The van der Waals surface area contributed by atoms with Gasteiger partial charge in [0.1, 0.15) is 11.6 Å². The Labute approximate surface area is 165 Å². The van der Waals surface area contributed by atoms with Crippen molar-refractivity contribution in [2.75, 3.05) is 0 Å². The van der Waals surface area contributed by atoms with Crippen molar-refractivity contribution in [3.8, 4) is 0 Å². The molecule has 0 spiro atoms. The third-order valence-electron chi connectivity index (χ3n) is 5.44. The predicted octanol–water partition coefficient (Wildman–Crippen LogP) is 2.42. The first kappa shape index (κ1) is 17.4. The van der Waals surface area contributed by atoms with Gasteiger partial charge >= 0.3 is 0 Å². The highest BCUT2D eigenvalue weighted by atomic mass is 16.3. The Hall–Kier alpha value is -3.74. The number of amides is 3. The van der Waals surface area contributed by atoms with Gasteiger partial charge in [-0.05, 0) is 36.2 Å². The number of piperidine rings is 1. The molecule has 2 aliphatic heterocycles. The van der Waals surface area contributed by atoms with Crippen LogP contribution in [0.15, 0.2) is 52.9 Å². The SMILES string of the molecule is O=C1CCC(N2Cc3cc(C(=O)c4cc5ccccc5o4)ccc3C2=O)C(=O)N1. The van der Waals surface area contributed by atoms with Crippen molar-refractivity contribution in [3.05, 3.63) is 71.0 Å². The standard InChI is InChI=1S/C22H16N2O5/c25-19-8-7-16(21(27)23-19)24-11-14-9-13(5-6-15(14)22(24)28)20(26)18-10-12-3-1-2-4-17(12)29-18/h1-6,9-10,16H,7-8,11H2,(H,23,25,27). The summed E-state index contributed by atoms with van der Waals surface area (Å²) in [7, 11) is 0. The van der Waals surface area contributed by atoms with Crippen molar-refractivity contribution >= 4 is 34.5 Å². The van der Waals surface area contributed by atoms with E-state index in [1.165, 1.54) is 4.90 Å². The molecule has 29 heavy (non-hydrogen) atoms. The van der Waals surface area contributed by atoms with E-state index in [-0.39, 0.29) is 36.3 Å². The minimum absolute atomic E-state index is 0.201. The Kier molecular flexibility index (Phi) is 3.84. The molecule has 1 N–H and O–H groups in total. The Morgan fingerprint density at radius 1 is 1.07 bits per heavy atom. The molecule has 1 fully saturated rings. The van der Waals surface area contributed by atoms with E-state index in [0.29, 0.717) is 28.7 Å². The van der Waals surface area contributed by atoms with Gasteiger partial charge in [-0.15, -0.1) is 0 Å². The lowest BCUT2D eigenvalue weighted by molar-refractivity contribution is -0.136. The molecule has 1 atom stereocenters. The van der Waals surface area contributed by atoms with E-state index in [1.807, 2.05) is 18.2 Å². The van der Waals surface area contributed by atoms with Crippen LogP contribution < -0.4 is 5.32 Å². The van der Waals surface area contributed by atoms with Crippen molar-refractivity contribution in [2.24, 2.45) is 0 Å². The molecule has 1 saturated heterocycles. The van der Waals surface area contributed by atoms with E-state index < -0.39 is 11.9 Å². The Balaban J connectivity index is 1.43. The number of furan rings is 1. The van der Waals surface area contributed by atoms with Gasteiger partial charge in [0, 0.05) is 29.5 Å². The summed E-state index contributed by atoms with van der Waals surface area (Å²) in [6.07, 6.45) is 0.501. The molecule has 0 bridgehead atoms. The van der Waals surface area contributed by atoms with Gasteiger partial charge in [0.15, 0.2) is 5.76 Å². The fraction of sp³-hybridized carbons (Fsp3) is 0.182. The topological polar surface area (TPSA) is 96.7 Å². The number of carbonyl (C=O) groups excluding carboxylic acids is 4. The van der Waals surface area contributed by atoms with Crippen molar-refractivity contribution < 1.29 is 23.6 Å². The zero-order valence-electron chi connectivity index (χ0n) is 15.3. The van der Waals surface area contributed by atoms with E-state index >= 15 is 0 Å². The lowest BCUT2D eigenvalue weighted by atomic mass is 10.0. The van der Waals surface area contributed by atoms with Crippen LogP contribution in [0.25, 0.3) is 11.0 Å². The quantitative estimate of drug-likeness (QED) is 0.549. The highest BCUT2D eigenvalue weighted by Gasteiger charge is 2.39. The number of fused-ring (bicyclic) bond motifs is 2. The lowest BCUT2D eigenvalue weighted by Crippen LogP contribution is -2.52. The first-order valence-electron chi connectivity index (χ1n) is 9.32. The number of hydrogen-bond acceptors (Lipinski definition) is 5. The third-order valence-corrected chi connectivity index (χ3v) is 5.44. The predicted molar refractivity (Wildman–Crippen MR) is 102 cm³/mol. The van der Waals surface area contributed by atoms with Gasteiger partial charge in [0.05, 0.1) is 0 Å². The molecule has 0 aliphatic carbocycles. The summed E-state index contributed by atoms with van der Waals surface area (Å²) in [5.74, 6) is -1.08. The number of hydrogen-bond donors (Lipinski definition) is 1. The number of imide groups is 1. The van der Waals surface area contributed by atoms with Crippen molar-refractivity contribution in [3.63, 3.8) is 0 Å². The van der Waals surface area contributed by atoms with Gasteiger partial charge in [-0.3, -0.25) is 24.5 Å². The highest BCUT2D eigenvalue weighted by molar-refractivity contribution is 6.10. The van der Waals surface area contributed by atoms with Crippen LogP contribution >= 0.6 is 0 Å². The van der Waals surface area contributed by atoms with Crippen LogP contribution in [0.4, 0.5) is 0 Å². The van der Waals surface area contributed by atoms with E-state index in [2.05, 4.69) is 5.32 Å². The van der Waals surface area contributed by atoms with Crippen LogP contribution in [0, 0.1) is 0 Å². The van der Waals surface area contributed by atoms with Gasteiger partial charge < -0.3 is 9.32 Å². The number of benzene rings is 2. The molecule has 7 nitrogen and oxygen atoms in total. The minimum Gasteiger partial charge on any atom is -0.453 e. The maximum absolute atomic E-state index is 12.9. The molecule has 1 aromatic heterocycles. The minimum atomic E-state index is -0.679. The van der Waals surface area contributed by atoms with E-state index in [0.717, 1.165) is 5.39 Å². The molecular weight excluding hydrogens is 372 g/mol. The van der Waals surface area contributed by atoms with Crippen LogP contribution in [-0.4, -0.2) is 34.4 Å². The molecule has 2 aromatic carbocycles. The van der Waals surface area contributed by atoms with E-state index in [9.17, 15) is 19.2 Å². The summed E-state index contributed by atoms with van der Waals surface area (Å²) < 4.78 is 5.65. The summed E-state index contributed by atoms with van der Waals surface area (Å²) >= 11 is 0. The molecule has 3 heterocycles. The maximum Gasteiger partial charge on any atom is 0.255 e. The van der Waals surface area contributed by atoms with Crippen LogP contribution in [0.5, 0.6) is 0 Å². The number of nitrogens with one attached hydrogen (secondary N) is 1. The maximum atomic E-state index is 12.9. The smallest absolute Gasteiger partial charge is 0.255 e. The fourth-order valence-corrected chi connectivity index (χ4v) is 3.95. The fourth-order valence-electron chi connectivity index (χ4n) is 3.95. The number of carbonyl (C=O) groups is 4. The molecule has 0 radical (unpaired) electrons. The number of para-hydroxylation sites is 1. The molecule has 3 aromatic rings. The Morgan fingerprint density at radius 2 is 1.90 bits per heavy atom. The van der Waals surface area contributed by atoms with Gasteiger partial charge in [0.2, 0.25) is 17.6 Å². The molecule has 7 heteroatoms. The average Bonchev–Trinajstić information content (AvgIpc) is 3.28. The molecule has 1 unspecified atom stereocenters. The summed E-state index contributed by atoms with van der Waals surface area (Å²) in [4.78, 5) is 50.6. The van der Waals surface area contributed by atoms with Crippen LogP contribution in [0.2, 0.25) is 0 Å². The Bertz CT molecular complexity index is 1180. The second-order valence-corrected chi connectivity index (χ2v) is 7.25. The molecule has 144 valence electrons. The zero-order chi connectivity index (χ0) is 20.1. The van der Waals surface area contributed by atoms with Crippen LogP contribution in [-0.2, 0) is 16.1 Å². The Morgan fingerprint density at radius 3 is 2.69 bits per heavy atom. The first-order chi connectivity index (χ1) is 14.0. The van der Waals surface area contributed by atoms with Crippen LogP contribution in [0.1, 0.15) is 44.9 Å². The monoisotopic (exact) mass is 388 g/mol. The highest BCUT2D eigenvalue weighted by Crippen LogP contribution is 2.29. The summed E-state index contributed by atoms with van der Waals surface area (Å²) in [6.45, 7) is 0.224. The third kappa shape index (κ3) is 2.82. The van der Waals surface area contributed by atoms with Gasteiger partial charge in [-0.2, -0.15) is 0 Å². The summed E-state index contributed by atoms with van der Waals surface area (Å²) in [5, 5.41) is 3.12. The zero-order valence-corrected chi connectivity index (χ0v) is 15.3. The van der Waals surface area contributed by atoms with E-state index in [4.69, 9.17) is 4.42 Å². The average molecular weight is 388 g/mol. The second-order valence-electron chi connectivity index (χ2n) is 7.25. The number of rotatable bonds is 3. The van der Waals surface area contributed by atoms with Gasteiger partial charge in [0.25, 0.3) is 5.91 Å². The normalized spacial score (nSPS) is 18.8. The number of ketones is 1. The van der Waals surface area contributed by atoms with Crippen molar-refractivity contribution in [2.45, 2.75) is 25.4 Å². The first-order valence-corrected chi connectivity index (χ1v) is 9.32. The summed E-state index contributed by atoms with van der Waals surface area (Å²) in [6, 6.07) is 13.3. The molecule has 2 aliphatic rings. The van der Waals surface area contributed by atoms with Crippen molar-refractivity contribution in [1.29, 1.82) is 0 Å². The van der Waals surface area contributed by atoms with Crippen molar-refractivity contribution in [1.82, 2.24) is 10.2 Å². The lowest BCUT2D eigenvalue weighted by Gasteiger charge is -2.29.